The van der Waals surface area contributed by atoms with Crippen LogP contribution in [0.15, 0.2) is 0 Å². The predicted octanol–water partition coefficient (Wildman–Crippen LogP) is -4.25. The molecule has 0 aliphatic carbocycles. The van der Waals surface area contributed by atoms with Crippen molar-refractivity contribution in [3.8, 4) is 0 Å². The molecule has 14 heavy (non-hydrogen) atoms. The van der Waals surface area contributed by atoms with Crippen LogP contribution in [-0.4, -0.2) is 56.6 Å². The predicted molar refractivity (Wildman–Crippen MR) is 51.6 cm³/mol. The molecule has 1 amide bonds. The Morgan fingerprint density at radius 2 is 2.07 bits per heavy atom. The maximum absolute atomic E-state index is 11.2. The third-order valence-electron chi connectivity index (χ3n) is 1.98. The maximum Gasteiger partial charge on any atom is 1.00 e. The van der Waals surface area contributed by atoms with Crippen molar-refractivity contribution in [2.45, 2.75) is 0 Å². The van der Waals surface area contributed by atoms with Gasteiger partial charge in [-0.05, 0) is 13.1 Å². The topological polar surface area (TPSA) is 72.5 Å². The number of rotatable bonds is 4. The van der Waals surface area contributed by atoms with Crippen LogP contribution in [0.4, 0.5) is 0 Å². The summed E-state index contributed by atoms with van der Waals surface area (Å²) < 4.78 is 0. The Morgan fingerprint density at radius 3 is 2.64 bits per heavy atom. The number of amides is 1. The number of hydrogen-bond donors (Lipinski definition) is 2. The monoisotopic (exact) mass is 224 g/mol. The molecule has 0 unspecified atom stereocenters. The summed E-state index contributed by atoms with van der Waals surface area (Å²) >= 11 is 0. The fraction of sp³-hybridized carbons (Fsp3) is 0.875. The van der Waals surface area contributed by atoms with Crippen LogP contribution in [0.25, 0.3) is 5.32 Å². The number of carbonyl (C=O) groups excluding carboxylic acids is 1. The maximum atomic E-state index is 11.2. The SMILES string of the molecule is NCCNC(=O)CN1CC[N-]CC1.[K+]. The molecule has 5 nitrogen and oxygen atoms in total. The number of nitrogens with two attached hydrogens (primary N) is 1. The second kappa shape index (κ2) is 9.23. The van der Waals surface area contributed by atoms with Crippen LogP contribution < -0.4 is 62.4 Å². The van der Waals surface area contributed by atoms with Gasteiger partial charge < -0.3 is 16.4 Å². The molecule has 1 heterocycles. The van der Waals surface area contributed by atoms with Crippen LogP contribution in [0.1, 0.15) is 0 Å². The molecule has 1 fully saturated rings. The first kappa shape index (κ1) is 15.0. The Balaban J connectivity index is 0.00000169. The molecule has 1 saturated heterocycles. The van der Waals surface area contributed by atoms with Crippen molar-refractivity contribution in [2.75, 3.05) is 45.8 Å². The molecule has 0 saturated carbocycles. The molecule has 0 aromatic heterocycles. The van der Waals surface area contributed by atoms with Gasteiger partial charge in [0.1, 0.15) is 0 Å². The van der Waals surface area contributed by atoms with Crippen molar-refractivity contribution < 1.29 is 56.2 Å². The number of nitrogens with one attached hydrogen (secondary N) is 1. The molecule has 0 radical (unpaired) electrons. The summed E-state index contributed by atoms with van der Waals surface area (Å²) in [6, 6.07) is 0. The number of nitrogens with zero attached hydrogens (tertiary/aromatic N) is 2. The standard InChI is InChI=1S/C8H17N4O.K/c9-1-2-11-8(13)7-12-5-3-10-4-6-12;/h1-7,9H2,(H,11,13);/q-1;+1. The summed E-state index contributed by atoms with van der Waals surface area (Å²) in [5.74, 6) is 0.0624. The molecular weight excluding hydrogens is 207 g/mol. The largest absolute Gasteiger partial charge is 1.00 e. The van der Waals surface area contributed by atoms with E-state index in [1.54, 1.807) is 0 Å². The zero-order valence-corrected chi connectivity index (χ0v) is 12.0. The van der Waals surface area contributed by atoms with Crippen LogP contribution in [-0.2, 0) is 4.79 Å². The molecule has 3 N–H and O–H groups in total. The fourth-order valence-electron chi connectivity index (χ4n) is 1.28. The molecule has 0 aromatic rings. The summed E-state index contributed by atoms with van der Waals surface area (Å²) in [7, 11) is 0. The van der Waals surface area contributed by atoms with Crippen molar-refractivity contribution in [3.05, 3.63) is 5.32 Å². The Hall–Kier alpha value is 0.986. The van der Waals surface area contributed by atoms with Gasteiger partial charge in [0, 0.05) is 13.1 Å². The van der Waals surface area contributed by atoms with Crippen LogP contribution in [0, 0.1) is 0 Å². The smallest absolute Gasteiger partial charge is 0.660 e. The van der Waals surface area contributed by atoms with Crippen LogP contribution in [0.3, 0.4) is 0 Å². The van der Waals surface area contributed by atoms with E-state index < -0.39 is 0 Å². The van der Waals surface area contributed by atoms with Crippen LogP contribution in [0.2, 0.25) is 0 Å². The summed E-state index contributed by atoms with van der Waals surface area (Å²) in [6.45, 7) is 5.05. The first-order chi connectivity index (χ1) is 6.33. The van der Waals surface area contributed by atoms with Gasteiger partial charge in [0.15, 0.2) is 0 Å². The van der Waals surface area contributed by atoms with Gasteiger partial charge in [-0.2, -0.15) is 0 Å². The van der Waals surface area contributed by atoms with E-state index in [1.165, 1.54) is 0 Å². The molecule has 6 heteroatoms. The average Bonchev–Trinajstić information content (AvgIpc) is 2.16. The third-order valence-corrected chi connectivity index (χ3v) is 1.98. The van der Waals surface area contributed by atoms with E-state index in [0.29, 0.717) is 19.6 Å². The number of carbonyl (C=O) groups is 1. The number of piperazine rings is 1. The molecule has 1 rings (SSSR count). The minimum absolute atomic E-state index is 0. The molecule has 0 aromatic carbocycles. The second-order valence-corrected chi connectivity index (χ2v) is 3.09. The quantitative estimate of drug-likeness (QED) is 0.475. The van der Waals surface area contributed by atoms with Gasteiger partial charge in [-0.15, -0.1) is 13.1 Å². The van der Waals surface area contributed by atoms with Crippen molar-refractivity contribution in [2.24, 2.45) is 5.73 Å². The third kappa shape index (κ3) is 6.47. The average molecular weight is 224 g/mol. The molecular formula is C8H17KN4O. The summed E-state index contributed by atoms with van der Waals surface area (Å²) in [5.41, 5.74) is 5.27. The minimum Gasteiger partial charge on any atom is -0.660 e. The molecule has 0 bridgehead atoms. The zero-order chi connectivity index (χ0) is 9.52. The van der Waals surface area contributed by atoms with Crippen LogP contribution >= 0.6 is 0 Å². The van der Waals surface area contributed by atoms with E-state index >= 15 is 0 Å². The molecule has 1 aliphatic rings. The van der Waals surface area contributed by atoms with E-state index in [9.17, 15) is 4.79 Å². The van der Waals surface area contributed by atoms with Crippen molar-refractivity contribution in [3.63, 3.8) is 0 Å². The minimum atomic E-state index is 0. The van der Waals surface area contributed by atoms with Crippen molar-refractivity contribution in [1.29, 1.82) is 0 Å². The van der Waals surface area contributed by atoms with Gasteiger partial charge in [-0.1, -0.05) is 0 Å². The van der Waals surface area contributed by atoms with Gasteiger partial charge in [-0.3, -0.25) is 9.69 Å². The van der Waals surface area contributed by atoms with E-state index in [1.807, 2.05) is 0 Å². The van der Waals surface area contributed by atoms with E-state index in [2.05, 4.69) is 15.5 Å². The first-order valence-corrected chi connectivity index (χ1v) is 4.65. The van der Waals surface area contributed by atoms with Gasteiger partial charge in [0.2, 0.25) is 5.91 Å². The van der Waals surface area contributed by atoms with E-state index in [-0.39, 0.29) is 57.3 Å². The normalized spacial score (nSPS) is 17.2. The van der Waals surface area contributed by atoms with Gasteiger partial charge in [0.25, 0.3) is 0 Å². The summed E-state index contributed by atoms with van der Waals surface area (Å²) in [6.07, 6.45) is 0. The van der Waals surface area contributed by atoms with Gasteiger partial charge >= 0.3 is 51.4 Å². The van der Waals surface area contributed by atoms with Crippen molar-refractivity contribution >= 4 is 5.91 Å². The molecule has 1 aliphatic heterocycles. The van der Waals surface area contributed by atoms with E-state index in [0.717, 1.165) is 26.2 Å². The number of hydrogen-bond acceptors (Lipinski definition) is 3. The van der Waals surface area contributed by atoms with Crippen molar-refractivity contribution in [1.82, 2.24) is 10.2 Å². The van der Waals surface area contributed by atoms with Crippen LogP contribution in [0.5, 0.6) is 0 Å². The van der Waals surface area contributed by atoms with Gasteiger partial charge in [-0.25, -0.2) is 0 Å². The Bertz CT molecular complexity index is 161. The molecule has 0 spiro atoms. The second-order valence-electron chi connectivity index (χ2n) is 3.09. The summed E-state index contributed by atoms with van der Waals surface area (Å²) in [5, 5.41) is 6.95. The Morgan fingerprint density at radius 1 is 1.43 bits per heavy atom. The molecule has 76 valence electrons. The zero-order valence-electron chi connectivity index (χ0n) is 8.83. The van der Waals surface area contributed by atoms with Gasteiger partial charge in [0.05, 0.1) is 6.54 Å². The first-order valence-electron chi connectivity index (χ1n) is 4.65. The fourth-order valence-corrected chi connectivity index (χ4v) is 1.28. The Labute approximate surface area is 128 Å². The summed E-state index contributed by atoms with van der Waals surface area (Å²) in [4.78, 5) is 13.3. The van der Waals surface area contributed by atoms with E-state index in [4.69, 9.17) is 5.73 Å². The Kier molecular flexibility index (Phi) is 9.88. The molecule has 0 atom stereocenters.